The minimum absolute atomic E-state index is 0.0860. The van der Waals surface area contributed by atoms with Crippen LogP contribution < -0.4 is 10.2 Å². The third-order valence-electron chi connectivity index (χ3n) is 5.00. The number of likely N-dealkylation sites (N-methyl/N-ethyl adjacent to an activating group) is 1. The predicted octanol–water partition coefficient (Wildman–Crippen LogP) is 2.73. The largest absolute Gasteiger partial charge is 0.359 e. The van der Waals surface area contributed by atoms with Crippen LogP contribution in [0.25, 0.3) is 0 Å². The van der Waals surface area contributed by atoms with Crippen molar-refractivity contribution in [2.24, 2.45) is 0 Å². The van der Waals surface area contributed by atoms with E-state index < -0.39 is 0 Å². The summed E-state index contributed by atoms with van der Waals surface area (Å²) < 4.78 is 0. The van der Waals surface area contributed by atoms with Gasteiger partial charge in [-0.25, -0.2) is 4.98 Å². The van der Waals surface area contributed by atoms with Gasteiger partial charge >= 0.3 is 0 Å². The van der Waals surface area contributed by atoms with E-state index in [1.165, 1.54) is 0 Å². The Bertz CT molecular complexity index is 1050. The minimum Gasteiger partial charge on any atom is -0.359 e. The number of aromatic nitrogens is 3. The maximum Gasteiger partial charge on any atom is 0.255 e. The van der Waals surface area contributed by atoms with Crippen molar-refractivity contribution in [3.8, 4) is 0 Å². The molecule has 1 aliphatic rings. The number of amides is 2. The van der Waals surface area contributed by atoms with E-state index in [0.29, 0.717) is 41.6 Å². The summed E-state index contributed by atoms with van der Waals surface area (Å²) in [5.74, 6) is 0.344. The third-order valence-corrected chi connectivity index (χ3v) is 5.26. The summed E-state index contributed by atoms with van der Waals surface area (Å²) in [7, 11) is 1.75. The first kappa shape index (κ1) is 19.9. The number of halogens is 1. The Morgan fingerprint density at radius 1 is 1.23 bits per heavy atom. The van der Waals surface area contributed by atoms with E-state index in [2.05, 4.69) is 20.5 Å². The van der Waals surface area contributed by atoms with Crippen LogP contribution in [-0.4, -0.2) is 52.0 Å². The molecule has 0 aliphatic carbocycles. The summed E-state index contributed by atoms with van der Waals surface area (Å²) in [5.41, 5.74) is 2.99. The number of hydrogen-bond acceptors (Lipinski definition) is 5. The molecule has 9 heteroatoms. The van der Waals surface area contributed by atoms with Gasteiger partial charge in [0.2, 0.25) is 5.91 Å². The van der Waals surface area contributed by atoms with Crippen LogP contribution in [0.2, 0.25) is 5.02 Å². The molecule has 0 fully saturated rings. The van der Waals surface area contributed by atoms with Gasteiger partial charge in [-0.15, -0.1) is 0 Å². The Balaban J connectivity index is 1.54. The fraction of sp³-hybridized carbons (Fsp3) is 0.238. The fourth-order valence-electron chi connectivity index (χ4n) is 3.28. The number of pyridine rings is 1. The molecule has 2 N–H and O–H groups in total. The molecule has 0 atom stereocenters. The first-order valence-electron chi connectivity index (χ1n) is 9.53. The van der Waals surface area contributed by atoms with Crippen molar-refractivity contribution in [3.05, 3.63) is 70.6 Å². The Morgan fingerprint density at radius 2 is 2.03 bits per heavy atom. The quantitative estimate of drug-likeness (QED) is 0.634. The van der Waals surface area contributed by atoms with Crippen LogP contribution in [-0.2, 0) is 17.8 Å². The van der Waals surface area contributed by atoms with Crippen LogP contribution in [0.3, 0.4) is 0 Å². The van der Waals surface area contributed by atoms with Crippen molar-refractivity contribution in [3.63, 3.8) is 0 Å². The van der Waals surface area contributed by atoms with E-state index in [9.17, 15) is 9.59 Å². The summed E-state index contributed by atoms with van der Waals surface area (Å²) in [6.07, 6.45) is 5.79. The van der Waals surface area contributed by atoms with E-state index in [1.807, 2.05) is 18.3 Å². The van der Waals surface area contributed by atoms with Gasteiger partial charge in [-0.1, -0.05) is 23.7 Å². The molecule has 3 aromatic rings. The number of hydrogen-bond donors (Lipinski definition) is 2. The molecule has 8 nitrogen and oxygen atoms in total. The normalized spacial score (nSPS) is 13.0. The average Bonchev–Trinajstić information content (AvgIpc) is 3.28. The van der Waals surface area contributed by atoms with Gasteiger partial charge in [0.25, 0.3) is 5.91 Å². The Morgan fingerprint density at radius 3 is 2.77 bits per heavy atom. The van der Waals surface area contributed by atoms with E-state index in [0.717, 1.165) is 11.1 Å². The molecule has 1 aliphatic heterocycles. The molecule has 154 valence electrons. The average molecular weight is 425 g/mol. The van der Waals surface area contributed by atoms with Crippen molar-refractivity contribution in [1.82, 2.24) is 20.1 Å². The highest BCUT2D eigenvalue weighted by molar-refractivity contribution is 6.30. The maximum atomic E-state index is 12.9. The minimum atomic E-state index is -0.154. The monoisotopic (exact) mass is 424 g/mol. The van der Waals surface area contributed by atoms with Crippen molar-refractivity contribution >= 4 is 34.9 Å². The molecule has 2 aromatic heterocycles. The summed E-state index contributed by atoms with van der Waals surface area (Å²) in [4.78, 5) is 33.1. The van der Waals surface area contributed by atoms with Gasteiger partial charge in [0.05, 0.1) is 30.5 Å². The van der Waals surface area contributed by atoms with E-state index in [-0.39, 0.29) is 18.4 Å². The molecule has 0 bridgehead atoms. The van der Waals surface area contributed by atoms with Gasteiger partial charge in [-0.05, 0) is 35.7 Å². The fourth-order valence-corrected chi connectivity index (χ4v) is 3.41. The highest BCUT2D eigenvalue weighted by Crippen LogP contribution is 2.30. The number of carbonyl (C=O) groups excluding carboxylic acids is 2. The van der Waals surface area contributed by atoms with Crippen LogP contribution in [0.5, 0.6) is 0 Å². The number of nitrogens with zero attached hydrogens (tertiary/aromatic N) is 4. The number of aromatic amines is 1. The lowest BCUT2D eigenvalue weighted by molar-refractivity contribution is -0.117. The number of H-pyrrole nitrogens is 1. The van der Waals surface area contributed by atoms with Crippen molar-refractivity contribution in [1.29, 1.82) is 0 Å². The zero-order valence-electron chi connectivity index (χ0n) is 16.4. The molecular formula is C21H21ClN6O2. The molecule has 0 saturated heterocycles. The SMILES string of the molecule is CN(CCc1cn[nH]c1)C(=O)c1cnc2c(c1)N(Cc1ccc(Cl)cc1)C(=O)CN2. The summed E-state index contributed by atoms with van der Waals surface area (Å²) in [6, 6.07) is 9.06. The first-order chi connectivity index (χ1) is 14.5. The molecule has 0 spiro atoms. The number of rotatable bonds is 6. The highest BCUT2D eigenvalue weighted by atomic mass is 35.5. The lowest BCUT2D eigenvalue weighted by Crippen LogP contribution is -2.40. The molecule has 4 rings (SSSR count). The lowest BCUT2D eigenvalue weighted by atomic mass is 10.1. The van der Waals surface area contributed by atoms with Crippen LogP contribution in [0.15, 0.2) is 48.9 Å². The number of benzene rings is 1. The zero-order chi connectivity index (χ0) is 21.1. The second-order valence-electron chi connectivity index (χ2n) is 7.13. The summed E-state index contributed by atoms with van der Waals surface area (Å²) >= 11 is 5.96. The lowest BCUT2D eigenvalue weighted by Gasteiger charge is -2.30. The highest BCUT2D eigenvalue weighted by Gasteiger charge is 2.26. The third kappa shape index (κ3) is 4.28. The van der Waals surface area contributed by atoms with Crippen LogP contribution in [0.4, 0.5) is 11.5 Å². The van der Waals surface area contributed by atoms with Crippen molar-refractivity contribution in [2.45, 2.75) is 13.0 Å². The number of nitrogens with one attached hydrogen (secondary N) is 2. The topological polar surface area (TPSA) is 94.2 Å². The van der Waals surface area contributed by atoms with Gasteiger partial charge in [0.15, 0.2) is 5.82 Å². The van der Waals surface area contributed by atoms with Crippen LogP contribution in [0, 0.1) is 0 Å². The molecule has 2 amide bonds. The Labute approximate surface area is 178 Å². The van der Waals surface area contributed by atoms with E-state index >= 15 is 0 Å². The van der Waals surface area contributed by atoms with Gasteiger partial charge in [0, 0.05) is 31.0 Å². The second-order valence-corrected chi connectivity index (χ2v) is 7.57. The second kappa shape index (κ2) is 8.54. The molecule has 0 radical (unpaired) electrons. The van der Waals surface area contributed by atoms with Crippen molar-refractivity contribution < 1.29 is 9.59 Å². The van der Waals surface area contributed by atoms with E-state index in [4.69, 9.17) is 11.6 Å². The molecule has 30 heavy (non-hydrogen) atoms. The van der Waals surface area contributed by atoms with Gasteiger partial charge in [0.1, 0.15) is 0 Å². The van der Waals surface area contributed by atoms with Crippen LogP contribution >= 0.6 is 11.6 Å². The van der Waals surface area contributed by atoms with E-state index in [1.54, 1.807) is 47.4 Å². The number of fused-ring (bicyclic) bond motifs is 1. The Kier molecular flexibility index (Phi) is 5.67. The summed E-state index contributed by atoms with van der Waals surface area (Å²) in [6.45, 7) is 1.08. The standard InChI is InChI=1S/C21H21ClN6O2/c1-27(7-6-15-9-25-26-10-15)21(30)16-8-18-20(23-11-16)24-12-19(29)28(18)13-14-2-4-17(22)5-3-14/h2-5,8-11H,6-7,12-13H2,1H3,(H,23,24)(H,25,26). The molecule has 0 saturated carbocycles. The molecule has 3 heterocycles. The molecule has 0 unspecified atom stereocenters. The van der Waals surface area contributed by atoms with Gasteiger partial charge in [-0.3, -0.25) is 14.7 Å². The van der Waals surface area contributed by atoms with Gasteiger partial charge in [-0.2, -0.15) is 5.10 Å². The van der Waals surface area contributed by atoms with Crippen molar-refractivity contribution in [2.75, 3.05) is 30.4 Å². The molecular weight excluding hydrogens is 404 g/mol. The van der Waals surface area contributed by atoms with Crippen LogP contribution in [0.1, 0.15) is 21.5 Å². The Hall–Kier alpha value is -3.39. The smallest absolute Gasteiger partial charge is 0.255 e. The number of anilines is 2. The molecule has 1 aromatic carbocycles. The zero-order valence-corrected chi connectivity index (χ0v) is 17.2. The first-order valence-corrected chi connectivity index (χ1v) is 9.91. The van der Waals surface area contributed by atoms with Gasteiger partial charge < -0.3 is 15.1 Å². The predicted molar refractivity (Wildman–Crippen MR) is 115 cm³/mol. The number of carbonyl (C=O) groups is 2. The summed E-state index contributed by atoms with van der Waals surface area (Å²) in [5, 5.41) is 10.3. The maximum absolute atomic E-state index is 12.9.